The molecule has 0 bridgehead atoms. The van der Waals surface area contributed by atoms with Crippen LogP contribution in [0.4, 0.5) is 23.4 Å². The molecule has 3 rings (SSSR count). The van der Waals surface area contributed by atoms with Gasteiger partial charge in [-0.1, -0.05) is 0 Å². The van der Waals surface area contributed by atoms with Gasteiger partial charge in [-0.05, 0) is 31.8 Å². The Morgan fingerprint density at radius 2 is 2.00 bits per heavy atom. The minimum absolute atomic E-state index is 0.0475. The number of nitrogens with zero attached hydrogens (tertiary/aromatic N) is 4. The molecular formula is C21H28F4N6O2. The third kappa shape index (κ3) is 7.03. The Hall–Kier alpha value is -2.92. The highest BCUT2D eigenvalue weighted by atomic mass is 19.4. The van der Waals surface area contributed by atoms with Crippen LogP contribution in [0.15, 0.2) is 18.0 Å². The Balaban J connectivity index is 1.52. The van der Waals surface area contributed by atoms with Crippen molar-refractivity contribution in [2.75, 3.05) is 44.7 Å². The lowest BCUT2D eigenvalue weighted by atomic mass is 10.1. The second kappa shape index (κ2) is 10.8. The lowest BCUT2D eigenvalue weighted by Crippen LogP contribution is -2.33. The van der Waals surface area contributed by atoms with E-state index in [-0.39, 0.29) is 24.1 Å². The number of carbonyl (C=O) groups is 2. The van der Waals surface area contributed by atoms with Crippen LogP contribution in [-0.4, -0.2) is 72.6 Å². The summed E-state index contributed by atoms with van der Waals surface area (Å²) in [4.78, 5) is 35.8. The fraction of sp³-hybridized carbons (Fsp3) is 0.619. The molecule has 2 amide bonds. The number of carbonyl (C=O) groups excluding carboxylic acids is 2. The minimum Gasteiger partial charge on any atom is -0.380 e. The molecule has 2 N–H and O–H groups in total. The molecule has 2 aliphatic heterocycles. The van der Waals surface area contributed by atoms with Crippen molar-refractivity contribution in [2.24, 2.45) is 0 Å². The van der Waals surface area contributed by atoms with E-state index in [1.54, 1.807) is 22.9 Å². The maximum absolute atomic E-state index is 14.3. The topological polar surface area (TPSA) is 90.5 Å². The molecule has 0 spiro atoms. The van der Waals surface area contributed by atoms with Gasteiger partial charge >= 0.3 is 6.18 Å². The van der Waals surface area contributed by atoms with Crippen LogP contribution in [0.3, 0.4) is 0 Å². The molecule has 0 radical (unpaired) electrons. The lowest BCUT2D eigenvalue weighted by molar-refractivity contribution is -0.138. The summed E-state index contributed by atoms with van der Waals surface area (Å²) in [5.74, 6) is -1.11. The highest BCUT2D eigenvalue weighted by Crippen LogP contribution is 2.24. The van der Waals surface area contributed by atoms with Crippen molar-refractivity contribution >= 4 is 17.6 Å². The number of rotatable bonds is 9. The van der Waals surface area contributed by atoms with Crippen LogP contribution >= 0.6 is 0 Å². The first-order valence-corrected chi connectivity index (χ1v) is 11.0. The van der Waals surface area contributed by atoms with Crippen LogP contribution < -0.4 is 15.5 Å². The van der Waals surface area contributed by atoms with Gasteiger partial charge in [0.15, 0.2) is 11.6 Å². The van der Waals surface area contributed by atoms with E-state index in [0.29, 0.717) is 37.5 Å². The number of likely N-dealkylation sites (tertiary alicyclic amines) is 1. The average molecular weight is 472 g/mol. The Morgan fingerprint density at radius 1 is 1.27 bits per heavy atom. The molecule has 12 heteroatoms. The van der Waals surface area contributed by atoms with Crippen molar-refractivity contribution in [1.29, 1.82) is 0 Å². The van der Waals surface area contributed by atoms with Gasteiger partial charge in [-0.25, -0.2) is 14.4 Å². The molecule has 1 saturated heterocycles. The van der Waals surface area contributed by atoms with Crippen LogP contribution in [-0.2, 0) is 9.59 Å². The Morgan fingerprint density at radius 3 is 2.70 bits per heavy atom. The van der Waals surface area contributed by atoms with Crippen LogP contribution in [0.2, 0.25) is 0 Å². The SMILES string of the molecule is CN(CCCCC(=O)NCC(F)(F)F)c1nc(C2C=C(C(=O)N3CCCC3)NC2)ncc1F. The van der Waals surface area contributed by atoms with Gasteiger partial charge in [-0.15, -0.1) is 0 Å². The van der Waals surface area contributed by atoms with Crippen molar-refractivity contribution in [3.8, 4) is 0 Å². The molecule has 1 fully saturated rings. The number of anilines is 1. The third-order valence-corrected chi connectivity index (χ3v) is 5.57. The van der Waals surface area contributed by atoms with Crippen molar-refractivity contribution < 1.29 is 27.2 Å². The molecule has 1 aromatic rings. The summed E-state index contributed by atoms with van der Waals surface area (Å²) in [5.41, 5.74) is 0.508. The molecule has 33 heavy (non-hydrogen) atoms. The van der Waals surface area contributed by atoms with Crippen LogP contribution in [0.1, 0.15) is 43.8 Å². The molecule has 1 unspecified atom stereocenters. The van der Waals surface area contributed by atoms with Gasteiger partial charge in [0, 0.05) is 39.6 Å². The summed E-state index contributed by atoms with van der Waals surface area (Å²) >= 11 is 0. The summed E-state index contributed by atoms with van der Waals surface area (Å²) < 4.78 is 50.7. The van der Waals surface area contributed by atoms with Crippen LogP contribution in [0.25, 0.3) is 0 Å². The zero-order chi connectivity index (χ0) is 24.0. The van der Waals surface area contributed by atoms with E-state index in [1.165, 1.54) is 0 Å². The van der Waals surface area contributed by atoms with Gasteiger partial charge in [0.05, 0.1) is 17.8 Å². The number of alkyl halides is 3. The molecule has 1 atom stereocenters. The predicted octanol–water partition coefficient (Wildman–Crippen LogP) is 2.09. The zero-order valence-corrected chi connectivity index (χ0v) is 18.4. The molecule has 1 aromatic heterocycles. The number of amides is 2. The monoisotopic (exact) mass is 472 g/mol. The fourth-order valence-electron chi connectivity index (χ4n) is 3.79. The third-order valence-electron chi connectivity index (χ3n) is 5.57. The number of hydrogen-bond acceptors (Lipinski definition) is 6. The van der Waals surface area contributed by atoms with Gasteiger partial charge in [0.25, 0.3) is 5.91 Å². The molecule has 0 saturated carbocycles. The minimum atomic E-state index is -4.44. The lowest BCUT2D eigenvalue weighted by Gasteiger charge is -2.19. The maximum Gasteiger partial charge on any atom is 0.405 e. The first-order valence-electron chi connectivity index (χ1n) is 11.0. The largest absolute Gasteiger partial charge is 0.405 e. The van der Waals surface area contributed by atoms with E-state index in [1.807, 2.05) is 5.32 Å². The highest BCUT2D eigenvalue weighted by Gasteiger charge is 2.29. The Kier molecular flexibility index (Phi) is 8.09. The van der Waals surface area contributed by atoms with Crippen molar-refractivity contribution in [1.82, 2.24) is 25.5 Å². The summed E-state index contributed by atoms with van der Waals surface area (Å²) in [6.45, 7) is 0.938. The van der Waals surface area contributed by atoms with E-state index in [2.05, 4.69) is 15.3 Å². The Bertz CT molecular complexity index is 886. The van der Waals surface area contributed by atoms with E-state index < -0.39 is 24.4 Å². The molecule has 3 heterocycles. The molecule has 0 aromatic carbocycles. The smallest absolute Gasteiger partial charge is 0.380 e. The highest BCUT2D eigenvalue weighted by molar-refractivity contribution is 5.93. The van der Waals surface area contributed by atoms with E-state index in [4.69, 9.17) is 0 Å². The van der Waals surface area contributed by atoms with Gasteiger partial charge in [-0.2, -0.15) is 13.2 Å². The summed E-state index contributed by atoms with van der Waals surface area (Å²) in [7, 11) is 1.64. The maximum atomic E-state index is 14.3. The van der Waals surface area contributed by atoms with Gasteiger partial charge in [0.2, 0.25) is 5.91 Å². The summed E-state index contributed by atoms with van der Waals surface area (Å²) in [6.07, 6.45) is 1.19. The summed E-state index contributed by atoms with van der Waals surface area (Å²) in [5, 5.41) is 4.91. The molecule has 0 aliphatic carbocycles. The van der Waals surface area contributed by atoms with Crippen LogP contribution in [0, 0.1) is 5.82 Å². The predicted molar refractivity (Wildman–Crippen MR) is 113 cm³/mol. The molecule has 2 aliphatic rings. The normalized spacial score (nSPS) is 18.2. The molecule has 182 valence electrons. The fourth-order valence-corrected chi connectivity index (χ4v) is 3.79. The number of aromatic nitrogens is 2. The van der Waals surface area contributed by atoms with Crippen LogP contribution in [0.5, 0.6) is 0 Å². The number of hydrogen-bond donors (Lipinski definition) is 2. The first-order chi connectivity index (χ1) is 15.6. The number of halogens is 4. The second-order valence-corrected chi connectivity index (χ2v) is 8.24. The molecular weight excluding hydrogens is 444 g/mol. The van der Waals surface area contributed by atoms with Gasteiger partial charge in [-0.3, -0.25) is 9.59 Å². The average Bonchev–Trinajstić information content (AvgIpc) is 3.47. The van der Waals surface area contributed by atoms with Crippen molar-refractivity contribution in [3.05, 3.63) is 29.6 Å². The first kappa shape index (κ1) is 24.7. The van der Waals surface area contributed by atoms with E-state index in [9.17, 15) is 27.2 Å². The van der Waals surface area contributed by atoms with Gasteiger partial charge < -0.3 is 20.4 Å². The number of unbranched alkanes of at least 4 members (excludes halogenated alkanes) is 1. The van der Waals surface area contributed by atoms with E-state index >= 15 is 0 Å². The van der Waals surface area contributed by atoms with Crippen molar-refractivity contribution in [2.45, 2.75) is 44.2 Å². The second-order valence-electron chi connectivity index (χ2n) is 8.24. The van der Waals surface area contributed by atoms with Gasteiger partial charge in [0.1, 0.15) is 12.4 Å². The number of nitrogens with one attached hydrogen (secondary N) is 2. The van der Waals surface area contributed by atoms with Crippen molar-refractivity contribution in [3.63, 3.8) is 0 Å². The standard InChI is InChI=1S/C21H28F4N6O2/c1-30(7-3-2-6-17(32)28-13-21(23,24)25)19-15(22)12-27-18(29-19)14-10-16(26-11-14)20(33)31-8-4-5-9-31/h10,12,14,26H,2-9,11,13H2,1H3,(H,28,32). The van der Waals surface area contributed by atoms with E-state index in [0.717, 1.165) is 32.1 Å². The quantitative estimate of drug-likeness (QED) is 0.423. The molecule has 8 nitrogen and oxygen atoms in total. The summed E-state index contributed by atoms with van der Waals surface area (Å²) in [6, 6.07) is 0. The zero-order valence-electron chi connectivity index (χ0n) is 18.4. The Labute approximate surface area is 189 Å².